The molecule has 0 aliphatic carbocycles. The SMILES string of the molecule is CC(=O)NN1CCN(CCOc2ccc(-c3cc4cccc(C(N)=O)c4[nH]3)cc2)CC1. The Labute approximate surface area is 180 Å². The number of hydrazine groups is 1. The molecule has 31 heavy (non-hydrogen) atoms. The molecular weight excluding hydrogens is 394 g/mol. The number of nitrogens with one attached hydrogen (secondary N) is 2. The molecule has 0 unspecified atom stereocenters. The minimum atomic E-state index is -0.445. The molecule has 2 amide bonds. The topological polar surface area (TPSA) is 104 Å². The van der Waals surface area contributed by atoms with Gasteiger partial charge < -0.3 is 15.5 Å². The Bertz CT molecular complexity index is 1070. The second-order valence-corrected chi connectivity index (χ2v) is 7.69. The lowest BCUT2D eigenvalue weighted by atomic mass is 10.1. The second-order valence-electron chi connectivity index (χ2n) is 7.69. The van der Waals surface area contributed by atoms with Crippen molar-refractivity contribution < 1.29 is 14.3 Å². The van der Waals surface area contributed by atoms with Gasteiger partial charge in [-0.25, -0.2) is 5.01 Å². The molecular formula is C23H27N5O3. The Morgan fingerprint density at radius 3 is 2.52 bits per heavy atom. The predicted octanol–water partition coefficient (Wildman–Crippen LogP) is 1.98. The van der Waals surface area contributed by atoms with E-state index >= 15 is 0 Å². The number of para-hydroxylation sites is 1. The van der Waals surface area contributed by atoms with Crippen molar-refractivity contribution in [2.75, 3.05) is 39.3 Å². The van der Waals surface area contributed by atoms with Gasteiger partial charge in [0.15, 0.2) is 0 Å². The molecule has 162 valence electrons. The first-order valence-electron chi connectivity index (χ1n) is 10.4. The van der Waals surface area contributed by atoms with Crippen molar-refractivity contribution in [2.24, 2.45) is 5.73 Å². The highest BCUT2D eigenvalue weighted by Gasteiger charge is 2.17. The maximum Gasteiger partial charge on any atom is 0.250 e. The lowest BCUT2D eigenvalue weighted by molar-refractivity contribution is -0.124. The van der Waals surface area contributed by atoms with Gasteiger partial charge in [0.1, 0.15) is 12.4 Å². The maximum atomic E-state index is 11.6. The Morgan fingerprint density at radius 2 is 1.84 bits per heavy atom. The third-order valence-electron chi connectivity index (χ3n) is 5.45. The quantitative estimate of drug-likeness (QED) is 0.541. The fourth-order valence-electron chi connectivity index (χ4n) is 3.85. The Kier molecular flexibility index (Phi) is 6.20. The van der Waals surface area contributed by atoms with Crippen LogP contribution < -0.4 is 15.9 Å². The number of aromatic nitrogens is 1. The highest BCUT2D eigenvalue weighted by atomic mass is 16.5. The maximum absolute atomic E-state index is 11.6. The molecule has 0 atom stereocenters. The zero-order valence-electron chi connectivity index (χ0n) is 17.6. The molecule has 0 spiro atoms. The van der Waals surface area contributed by atoms with E-state index in [4.69, 9.17) is 10.5 Å². The highest BCUT2D eigenvalue weighted by molar-refractivity contribution is 6.06. The molecule has 8 heteroatoms. The van der Waals surface area contributed by atoms with Crippen molar-refractivity contribution >= 4 is 22.7 Å². The van der Waals surface area contributed by atoms with Crippen LogP contribution in [0.15, 0.2) is 48.5 Å². The monoisotopic (exact) mass is 421 g/mol. The first-order valence-corrected chi connectivity index (χ1v) is 10.4. The van der Waals surface area contributed by atoms with Crippen LogP contribution in [0.4, 0.5) is 0 Å². The number of benzene rings is 2. The van der Waals surface area contributed by atoms with Gasteiger partial charge in [-0.3, -0.25) is 19.9 Å². The number of piperazine rings is 1. The number of amides is 2. The summed E-state index contributed by atoms with van der Waals surface area (Å²) in [6, 6.07) is 15.4. The van der Waals surface area contributed by atoms with Crippen LogP contribution in [-0.4, -0.2) is 66.0 Å². The Morgan fingerprint density at radius 1 is 1.10 bits per heavy atom. The summed E-state index contributed by atoms with van der Waals surface area (Å²) in [5.74, 6) is 0.342. The average molecular weight is 422 g/mol. The van der Waals surface area contributed by atoms with Gasteiger partial charge in [0, 0.05) is 50.7 Å². The van der Waals surface area contributed by atoms with E-state index in [9.17, 15) is 9.59 Å². The number of nitrogens with two attached hydrogens (primary N) is 1. The third-order valence-corrected chi connectivity index (χ3v) is 5.45. The Hall–Kier alpha value is -3.36. The molecule has 1 fully saturated rings. The molecule has 4 N–H and O–H groups in total. The van der Waals surface area contributed by atoms with Crippen LogP contribution in [-0.2, 0) is 4.79 Å². The van der Waals surface area contributed by atoms with Crippen molar-refractivity contribution in [1.29, 1.82) is 0 Å². The largest absolute Gasteiger partial charge is 0.492 e. The number of H-pyrrole nitrogens is 1. The van der Waals surface area contributed by atoms with Gasteiger partial charge >= 0.3 is 0 Å². The van der Waals surface area contributed by atoms with Gasteiger partial charge in [-0.15, -0.1) is 0 Å². The number of carbonyl (C=O) groups excluding carboxylic acids is 2. The summed E-state index contributed by atoms with van der Waals surface area (Å²) in [4.78, 5) is 28.4. The number of rotatable bonds is 7. The lowest BCUT2D eigenvalue weighted by Crippen LogP contribution is -2.53. The standard InChI is InChI=1S/C23H27N5O3/c1-16(29)26-28-11-9-27(10-12-28)13-14-31-19-7-5-17(6-8-19)21-15-18-3-2-4-20(23(24)30)22(18)25-21/h2-8,15,25H,9-14H2,1H3,(H2,24,30)(H,26,29). The van der Waals surface area contributed by atoms with E-state index in [1.54, 1.807) is 6.07 Å². The molecule has 1 aliphatic heterocycles. The third kappa shape index (κ3) is 5.04. The number of carbonyl (C=O) groups is 2. The molecule has 0 saturated carbocycles. The van der Waals surface area contributed by atoms with E-state index in [1.165, 1.54) is 6.92 Å². The molecule has 0 bridgehead atoms. The van der Waals surface area contributed by atoms with E-state index in [0.29, 0.717) is 12.2 Å². The van der Waals surface area contributed by atoms with E-state index in [2.05, 4.69) is 15.3 Å². The molecule has 1 saturated heterocycles. The van der Waals surface area contributed by atoms with Crippen molar-refractivity contribution in [3.05, 3.63) is 54.1 Å². The summed E-state index contributed by atoms with van der Waals surface area (Å²) < 4.78 is 5.90. The van der Waals surface area contributed by atoms with Crippen molar-refractivity contribution in [3.8, 4) is 17.0 Å². The number of hydrogen-bond donors (Lipinski definition) is 3. The zero-order valence-corrected chi connectivity index (χ0v) is 17.6. The van der Waals surface area contributed by atoms with Crippen LogP contribution in [0.5, 0.6) is 5.75 Å². The van der Waals surface area contributed by atoms with Crippen LogP contribution in [0.1, 0.15) is 17.3 Å². The predicted molar refractivity (Wildman–Crippen MR) is 120 cm³/mol. The van der Waals surface area contributed by atoms with Crippen molar-refractivity contribution in [3.63, 3.8) is 0 Å². The van der Waals surface area contributed by atoms with E-state index in [-0.39, 0.29) is 5.91 Å². The number of primary amides is 1. The van der Waals surface area contributed by atoms with Crippen molar-refractivity contribution in [2.45, 2.75) is 6.92 Å². The van der Waals surface area contributed by atoms with E-state index < -0.39 is 5.91 Å². The van der Waals surface area contributed by atoms with Gasteiger partial charge in [-0.05, 0) is 42.0 Å². The number of fused-ring (bicyclic) bond motifs is 1. The molecule has 4 rings (SSSR count). The van der Waals surface area contributed by atoms with Crippen LogP contribution in [0.25, 0.3) is 22.2 Å². The van der Waals surface area contributed by atoms with E-state index in [1.807, 2.05) is 47.5 Å². The van der Waals surface area contributed by atoms with Gasteiger partial charge in [-0.1, -0.05) is 12.1 Å². The molecule has 2 aromatic carbocycles. The van der Waals surface area contributed by atoms with Gasteiger partial charge in [0.2, 0.25) is 5.91 Å². The number of nitrogens with zero attached hydrogens (tertiary/aromatic N) is 2. The fraction of sp³-hybridized carbons (Fsp3) is 0.304. The van der Waals surface area contributed by atoms with Crippen LogP contribution in [0.2, 0.25) is 0 Å². The summed E-state index contributed by atoms with van der Waals surface area (Å²) in [7, 11) is 0. The summed E-state index contributed by atoms with van der Waals surface area (Å²) in [6.45, 7) is 6.41. The van der Waals surface area contributed by atoms with Gasteiger partial charge in [-0.2, -0.15) is 0 Å². The summed E-state index contributed by atoms with van der Waals surface area (Å²) in [5.41, 5.74) is 11.5. The molecule has 0 radical (unpaired) electrons. The van der Waals surface area contributed by atoms with Gasteiger partial charge in [0.25, 0.3) is 5.91 Å². The minimum Gasteiger partial charge on any atom is -0.492 e. The van der Waals surface area contributed by atoms with E-state index in [0.717, 1.165) is 60.6 Å². The first kappa shape index (κ1) is 20.9. The molecule has 1 aromatic heterocycles. The smallest absolute Gasteiger partial charge is 0.250 e. The minimum absolute atomic E-state index is 0.0269. The number of ether oxygens (including phenoxy) is 1. The highest BCUT2D eigenvalue weighted by Crippen LogP contribution is 2.27. The normalized spacial score (nSPS) is 15.1. The summed E-state index contributed by atoms with van der Waals surface area (Å²) in [6.07, 6.45) is 0. The number of hydrogen-bond acceptors (Lipinski definition) is 5. The van der Waals surface area contributed by atoms with Gasteiger partial charge in [0.05, 0.1) is 11.1 Å². The molecule has 8 nitrogen and oxygen atoms in total. The zero-order chi connectivity index (χ0) is 21.8. The van der Waals surface area contributed by atoms with Crippen LogP contribution >= 0.6 is 0 Å². The van der Waals surface area contributed by atoms with Crippen molar-refractivity contribution in [1.82, 2.24) is 20.3 Å². The van der Waals surface area contributed by atoms with Crippen LogP contribution in [0, 0.1) is 0 Å². The first-order chi connectivity index (χ1) is 15.0. The molecule has 3 aromatic rings. The lowest BCUT2D eigenvalue weighted by Gasteiger charge is -2.34. The summed E-state index contributed by atoms with van der Waals surface area (Å²) >= 11 is 0. The second kappa shape index (κ2) is 9.20. The Balaban J connectivity index is 1.31. The van der Waals surface area contributed by atoms with Crippen LogP contribution in [0.3, 0.4) is 0 Å². The molecule has 1 aliphatic rings. The molecule has 2 heterocycles. The summed E-state index contributed by atoms with van der Waals surface area (Å²) in [5, 5.41) is 2.90. The number of aromatic amines is 1. The fourth-order valence-corrected chi connectivity index (χ4v) is 3.85. The average Bonchev–Trinajstić information content (AvgIpc) is 3.19.